The molecule has 0 aliphatic heterocycles. The summed E-state index contributed by atoms with van der Waals surface area (Å²) in [6.45, 7) is 0.459. The van der Waals surface area contributed by atoms with Gasteiger partial charge in [0.1, 0.15) is 12.4 Å². The number of carbonyl (C=O) groups excluding carboxylic acids is 1. The second-order valence-electron chi connectivity index (χ2n) is 6.11. The first kappa shape index (κ1) is 19.2. The Kier molecular flexibility index (Phi) is 6.47. The van der Waals surface area contributed by atoms with Gasteiger partial charge in [0.2, 0.25) is 0 Å². The minimum Gasteiger partial charge on any atom is -0.497 e. The van der Waals surface area contributed by atoms with Crippen molar-refractivity contribution in [3.8, 4) is 17.2 Å². The average Bonchev–Trinajstić information content (AvgIpc) is 2.77. The number of allylic oxidation sites excluding steroid dienone is 1. The van der Waals surface area contributed by atoms with Crippen molar-refractivity contribution in [1.82, 2.24) is 0 Å². The van der Waals surface area contributed by atoms with Gasteiger partial charge in [-0.3, -0.25) is 4.79 Å². The smallest absolute Gasteiger partial charge is 0.185 e. The number of ether oxygens (including phenoxy) is 3. The van der Waals surface area contributed by atoms with E-state index in [-0.39, 0.29) is 5.78 Å². The Morgan fingerprint density at radius 1 is 0.857 bits per heavy atom. The molecule has 28 heavy (non-hydrogen) atoms. The molecule has 0 fully saturated rings. The van der Waals surface area contributed by atoms with Crippen LogP contribution in [-0.2, 0) is 6.61 Å². The highest BCUT2D eigenvalue weighted by molar-refractivity contribution is 6.07. The van der Waals surface area contributed by atoms with E-state index >= 15 is 0 Å². The molecule has 0 aliphatic carbocycles. The summed E-state index contributed by atoms with van der Waals surface area (Å²) in [7, 11) is 3.17. The molecule has 3 aromatic carbocycles. The Balaban J connectivity index is 1.70. The van der Waals surface area contributed by atoms with Crippen LogP contribution in [0.4, 0.5) is 0 Å². The van der Waals surface area contributed by atoms with Crippen molar-refractivity contribution in [3.05, 3.63) is 95.6 Å². The highest BCUT2D eigenvalue weighted by atomic mass is 16.5. The van der Waals surface area contributed by atoms with Gasteiger partial charge in [-0.25, -0.2) is 0 Å². The molecule has 0 aliphatic rings. The van der Waals surface area contributed by atoms with Crippen LogP contribution < -0.4 is 14.2 Å². The lowest BCUT2D eigenvalue weighted by atomic mass is 10.1. The zero-order valence-corrected chi connectivity index (χ0v) is 15.9. The molecule has 0 spiro atoms. The van der Waals surface area contributed by atoms with Crippen LogP contribution >= 0.6 is 0 Å². The average molecular weight is 374 g/mol. The maximum Gasteiger partial charge on any atom is 0.185 e. The Hall–Kier alpha value is -3.53. The maximum atomic E-state index is 12.4. The molecule has 3 aromatic rings. The first-order chi connectivity index (χ1) is 13.7. The lowest BCUT2D eigenvalue weighted by Crippen LogP contribution is -1.98. The van der Waals surface area contributed by atoms with Gasteiger partial charge in [0.15, 0.2) is 17.3 Å². The number of rotatable bonds is 8. The third-order valence-electron chi connectivity index (χ3n) is 4.21. The molecule has 0 aromatic heterocycles. The van der Waals surface area contributed by atoms with Gasteiger partial charge in [-0.15, -0.1) is 0 Å². The number of benzene rings is 3. The lowest BCUT2D eigenvalue weighted by Gasteiger charge is -2.11. The van der Waals surface area contributed by atoms with E-state index in [4.69, 9.17) is 14.2 Å². The number of hydrogen-bond donors (Lipinski definition) is 0. The predicted molar refractivity (Wildman–Crippen MR) is 110 cm³/mol. The highest BCUT2D eigenvalue weighted by Crippen LogP contribution is 2.29. The van der Waals surface area contributed by atoms with Crippen LogP contribution in [0.15, 0.2) is 78.9 Å². The van der Waals surface area contributed by atoms with Crippen molar-refractivity contribution >= 4 is 11.9 Å². The third kappa shape index (κ3) is 5.01. The van der Waals surface area contributed by atoms with Gasteiger partial charge in [0.05, 0.1) is 14.2 Å². The third-order valence-corrected chi connectivity index (χ3v) is 4.21. The molecule has 0 atom stereocenters. The van der Waals surface area contributed by atoms with Gasteiger partial charge in [-0.05, 0) is 41.5 Å². The minimum atomic E-state index is -0.0951. The zero-order valence-electron chi connectivity index (χ0n) is 15.9. The van der Waals surface area contributed by atoms with Crippen molar-refractivity contribution < 1.29 is 19.0 Å². The van der Waals surface area contributed by atoms with Gasteiger partial charge in [-0.2, -0.15) is 0 Å². The van der Waals surface area contributed by atoms with E-state index in [1.165, 1.54) is 6.08 Å². The topological polar surface area (TPSA) is 44.8 Å². The van der Waals surface area contributed by atoms with Crippen LogP contribution in [0.2, 0.25) is 0 Å². The Morgan fingerprint density at radius 3 is 2.43 bits per heavy atom. The molecule has 0 bridgehead atoms. The molecule has 142 valence electrons. The fourth-order valence-corrected chi connectivity index (χ4v) is 2.69. The quantitative estimate of drug-likeness (QED) is 0.403. The summed E-state index contributed by atoms with van der Waals surface area (Å²) in [5, 5.41) is 0. The Labute approximate surface area is 165 Å². The molecule has 0 N–H and O–H groups in total. The van der Waals surface area contributed by atoms with Gasteiger partial charge in [0.25, 0.3) is 0 Å². The van der Waals surface area contributed by atoms with Crippen LogP contribution in [0.25, 0.3) is 6.08 Å². The number of hydrogen-bond acceptors (Lipinski definition) is 4. The molecule has 0 saturated heterocycles. The summed E-state index contributed by atoms with van der Waals surface area (Å²) in [6.07, 6.45) is 3.29. The van der Waals surface area contributed by atoms with Crippen molar-refractivity contribution in [2.75, 3.05) is 14.2 Å². The molecule has 0 unspecified atom stereocenters. The van der Waals surface area contributed by atoms with E-state index in [2.05, 4.69) is 0 Å². The zero-order chi connectivity index (χ0) is 19.8. The monoisotopic (exact) mass is 374 g/mol. The van der Waals surface area contributed by atoms with E-state index in [1.807, 2.05) is 48.5 Å². The van der Waals surface area contributed by atoms with Crippen LogP contribution in [0.1, 0.15) is 21.5 Å². The first-order valence-electron chi connectivity index (χ1n) is 8.91. The van der Waals surface area contributed by atoms with Crippen molar-refractivity contribution in [2.24, 2.45) is 0 Å². The molecular weight excluding hydrogens is 352 g/mol. The molecule has 0 heterocycles. The molecule has 3 rings (SSSR count). The summed E-state index contributed by atoms with van der Waals surface area (Å²) < 4.78 is 16.5. The van der Waals surface area contributed by atoms with Crippen LogP contribution in [0.3, 0.4) is 0 Å². The lowest BCUT2D eigenvalue weighted by molar-refractivity contribution is 0.104. The highest BCUT2D eigenvalue weighted by Gasteiger charge is 2.07. The van der Waals surface area contributed by atoms with E-state index < -0.39 is 0 Å². The van der Waals surface area contributed by atoms with Crippen LogP contribution in [0.5, 0.6) is 17.2 Å². The van der Waals surface area contributed by atoms with Crippen LogP contribution in [-0.4, -0.2) is 20.0 Å². The van der Waals surface area contributed by atoms with Gasteiger partial charge in [-0.1, -0.05) is 54.6 Å². The van der Waals surface area contributed by atoms with Gasteiger partial charge in [0, 0.05) is 5.56 Å². The molecule has 0 radical (unpaired) electrons. The molecule has 0 amide bonds. The number of ketones is 1. The van der Waals surface area contributed by atoms with E-state index in [9.17, 15) is 4.79 Å². The van der Waals surface area contributed by atoms with E-state index in [0.29, 0.717) is 29.4 Å². The summed E-state index contributed by atoms with van der Waals surface area (Å²) in [6, 6.07) is 22.6. The predicted octanol–water partition coefficient (Wildman–Crippen LogP) is 5.18. The normalized spacial score (nSPS) is 10.6. The summed E-state index contributed by atoms with van der Waals surface area (Å²) in [5.41, 5.74) is 2.50. The minimum absolute atomic E-state index is 0.0951. The van der Waals surface area contributed by atoms with Crippen molar-refractivity contribution in [1.29, 1.82) is 0 Å². The second-order valence-corrected chi connectivity index (χ2v) is 6.11. The Morgan fingerprint density at radius 2 is 1.68 bits per heavy atom. The summed E-state index contributed by atoms with van der Waals surface area (Å²) in [5.74, 6) is 1.83. The standard InChI is InChI=1S/C24H22O4/c1-26-21-10-6-9-20(16-21)22(25)13-11-18-12-14-23(24(15-18)27-2)28-17-19-7-4-3-5-8-19/h3-16H,17H2,1-2H3/b13-11+. The number of carbonyl (C=O) groups is 1. The molecule has 4 heteroatoms. The van der Waals surface area contributed by atoms with Gasteiger partial charge < -0.3 is 14.2 Å². The molecule has 4 nitrogen and oxygen atoms in total. The molecular formula is C24H22O4. The summed E-state index contributed by atoms with van der Waals surface area (Å²) >= 11 is 0. The van der Waals surface area contributed by atoms with E-state index in [0.717, 1.165) is 11.1 Å². The van der Waals surface area contributed by atoms with Crippen LogP contribution in [0, 0.1) is 0 Å². The summed E-state index contributed by atoms with van der Waals surface area (Å²) in [4.78, 5) is 12.4. The van der Waals surface area contributed by atoms with Crippen molar-refractivity contribution in [2.45, 2.75) is 6.61 Å². The Bertz CT molecular complexity index is 961. The first-order valence-corrected chi connectivity index (χ1v) is 8.91. The maximum absolute atomic E-state index is 12.4. The van der Waals surface area contributed by atoms with Crippen molar-refractivity contribution in [3.63, 3.8) is 0 Å². The number of methoxy groups -OCH3 is 2. The largest absolute Gasteiger partial charge is 0.497 e. The van der Waals surface area contributed by atoms with E-state index in [1.54, 1.807) is 44.6 Å². The molecule has 0 saturated carbocycles. The fraction of sp³-hybridized carbons (Fsp3) is 0.125. The SMILES string of the molecule is COc1cccc(C(=O)/C=C/c2ccc(OCc3ccccc3)c(OC)c2)c1. The van der Waals surface area contributed by atoms with Gasteiger partial charge >= 0.3 is 0 Å². The second kappa shape index (κ2) is 9.42. The fourth-order valence-electron chi connectivity index (χ4n) is 2.69.